The SMILES string of the molecule is Cc1cc(C)nc(N2CC[C@@H](c3cc(CCOc4ccc(Cl)cc4)[nH]n3)C2)n1. The minimum absolute atomic E-state index is 0.395. The number of H-pyrrole nitrogens is 1. The van der Waals surface area contributed by atoms with Gasteiger partial charge in [0.1, 0.15) is 5.75 Å². The summed E-state index contributed by atoms with van der Waals surface area (Å²) in [7, 11) is 0. The van der Waals surface area contributed by atoms with E-state index in [-0.39, 0.29) is 0 Å². The Morgan fingerprint density at radius 3 is 2.64 bits per heavy atom. The first kappa shape index (κ1) is 18.7. The first-order valence-corrected chi connectivity index (χ1v) is 9.94. The van der Waals surface area contributed by atoms with E-state index >= 15 is 0 Å². The molecular weight excluding hydrogens is 374 g/mol. The van der Waals surface area contributed by atoms with Crippen LogP contribution in [0.4, 0.5) is 5.95 Å². The molecule has 0 saturated carbocycles. The zero-order chi connectivity index (χ0) is 19.5. The van der Waals surface area contributed by atoms with Gasteiger partial charge in [0, 0.05) is 47.5 Å². The molecule has 3 heterocycles. The molecule has 1 fully saturated rings. The van der Waals surface area contributed by atoms with Gasteiger partial charge in [-0.15, -0.1) is 0 Å². The fourth-order valence-corrected chi connectivity index (χ4v) is 3.68. The van der Waals surface area contributed by atoms with Crippen molar-refractivity contribution in [1.29, 1.82) is 0 Å². The van der Waals surface area contributed by atoms with Gasteiger partial charge in [-0.2, -0.15) is 5.10 Å². The van der Waals surface area contributed by atoms with Gasteiger partial charge < -0.3 is 9.64 Å². The number of aromatic nitrogens is 4. The second-order valence-electron chi connectivity index (χ2n) is 7.25. The Labute approximate surface area is 169 Å². The number of hydrogen-bond donors (Lipinski definition) is 1. The fourth-order valence-electron chi connectivity index (χ4n) is 3.56. The summed E-state index contributed by atoms with van der Waals surface area (Å²) in [6, 6.07) is 11.6. The standard InChI is InChI=1S/C21H24ClN5O/c1-14-11-15(2)24-21(23-14)27-9-7-16(13-27)20-12-18(25-26-20)8-10-28-19-5-3-17(22)4-6-19/h3-6,11-12,16H,7-10,13H2,1-2H3,(H,25,26)/t16-/m1/s1. The van der Waals surface area contributed by atoms with E-state index in [1.54, 1.807) is 0 Å². The maximum absolute atomic E-state index is 5.89. The van der Waals surface area contributed by atoms with Crippen molar-refractivity contribution >= 4 is 17.5 Å². The molecule has 0 spiro atoms. The molecule has 1 atom stereocenters. The van der Waals surface area contributed by atoms with Crippen LogP contribution in [0.5, 0.6) is 5.75 Å². The molecule has 1 N–H and O–H groups in total. The highest BCUT2D eigenvalue weighted by Gasteiger charge is 2.27. The van der Waals surface area contributed by atoms with Crippen molar-refractivity contribution in [2.45, 2.75) is 32.6 Å². The highest BCUT2D eigenvalue weighted by Crippen LogP contribution is 2.28. The second-order valence-corrected chi connectivity index (χ2v) is 7.69. The second kappa shape index (κ2) is 8.19. The third kappa shape index (κ3) is 4.44. The lowest BCUT2D eigenvalue weighted by molar-refractivity contribution is 0.320. The molecule has 28 heavy (non-hydrogen) atoms. The smallest absolute Gasteiger partial charge is 0.225 e. The molecule has 7 heteroatoms. The minimum Gasteiger partial charge on any atom is -0.493 e. The highest BCUT2D eigenvalue weighted by molar-refractivity contribution is 6.30. The van der Waals surface area contributed by atoms with E-state index in [0.717, 1.165) is 60.4 Å². The monoisotopic (exact) mass is 397 g/mol. The molecule has 146 valence electrons. The van der Waals surface area contributed by atoms with Crippen LogP contribution in [0.2, 0.25) is 5.02 Å². The van der Waals surface area contributed by atoms with E-state index < -0.39 is 0 Å². The Bertz CT molecular complexity index is 920. The summed E-state index contributed by atoms with van der Waals surface area (Å²) in [4.78, 5) is 11.4. The molecule has 1 aliphatic rings. The lowest BCUT2D eigenvalue weighted by Gasteiger charge is -2.16. The summed E-state index contributed by atoms with van der Waals surface area (Å²) in [5.74, 6) is 2.04. The molecule has 0 aliphatic carbocycles. The Hall–Kier alpha value is -2.60. The van der Waals surface area contributed by atoms with Gasteiger partial charge in [-0.3, -0.25) is 5.10 Å². The predicted octanol–water partition coefficient (Wildman–Crippen LogP) is 4.09. The Kier molecular flexibility index (Phi) is 5.48. The topological polar surface area (TPSA) is 66.9 Å². The number of rotatable bonds is 6. The van der Waals surface area contributed by atoms with Crippen LogP contribution in [-0.2, 0) is 6.42 Å². The van der Waals surface area contributed by atoms with Crippen molar-refractivity contribution < 1.29 is 4.74 Å². The van der Waals surface area contributed by atoms with Crippen molar-refractivity contribution in [3.8, 4) is 5.75 Å². The van der Waals surface area contributed by atoms with Crippen LogP contribution in [0.25, 0.3) is 0 Å². The van der Waals surface area contributed by atoms with E-state index in [4.69, 9.17) is 16.3 Å². The van der Waals surface area contributed by atoms with Crippen LogP contribution >= 0.6 is 11.6 Å². The number of benzene rings is 1. The van der Waals surface area contributed by atoms with Gasteiger partial charge in [-0.1, -0.05) is 11.6 Å². The Balaban J connectivity index is 1.32. The number of anilines is 1. The number of halogens is 1. The molecule has 4 rings (SSSR count). The normalized spacial score (nSPS) is 16.5. The number of hydrogen-bond acceptors (Lipinski definition) is 5. The molecule has 6 nitrogen and oxygen atoms in total. The summed E-state index contributed by atoms with van der Waals surface area (Å²) < 4.78 is 5.77. The molecule has 0 unspecified atom stereocenters. The largest absolute Gasteiger partial charge is 0.493 e. The van der Waals surface area contributed by atoms with Crippen molar-refractivity contribution in [2.24, 2.45) is 0 Å². The molecule has 3 aromatic rings. The summed E-state index contributed by atoms with van der Waals surface area (Å²) >= 11 is 5.89. The van der Waals surface area contributed by atoms with Crippen LogP contribution in [0, 0.1) is 13.8 Å². The number of nitrogens with one attached hydrogen (secondary N) is 1. The van der Waals surface area contributed by atoms with Crippen molar-refractivity contribution in [3.05, 3.63) is 64.2 Å². The summed E-state index contributed by atoms with van der Waals surface area (Å²) in [5.41, 5.74) is 4.21. The van der Waals surface area contributed by atoms with Crippen LogP contribution in [0.15, 0.2) is 36.4 Å². The Morgan fingerprint density at radius 2 is 1.89 bits per heavy atom. The van der Waals surface area contributed by atoms with E-state index in [1.165, 1.54) is 0 Å². The molecule has 2 aromatic heterocycles. The maximum Gasteiger partial charge on any atom is 0.225 e. The number of aromatic amines is 1. The van der Waals surface area contributed by atoms with E-state index in [9.17, 15) is 0 Å². The van der Waals surface area contributed by atoms with Gasteiger partial charge >= 0.3 is 0 Å². The van der Waals surface area contributed by atoms with E-state index in [0.29, 0.717) is 17.5 Å². The first-order chi connectivity index (χ1) is 13.6. The number of nitrogens with zero attached hydrogens (tertiary/aromatic N) is 4. The van der Waals surface area contributed by atoms with Crippen molar-refractivity contribution in [1.82, 2.24) is 20.2 Å². The number of ether oxygens (including phenoxy) is 1. The maximum atomic E-state index is 5.89. The van der Waals surface area contributed by atoms with Gasteiger partial charge in [0.25, 0.3) is 0 Å². The quantitative estimate of drug-likeness (QED) is 0.678. The van der Waals surface area contributed by atoms with Crippen LogP contribution in [0.1, 0.15) is 35.1 Å². The third-order valence-corrected chi connectivity index (χ3v) is 5.22. The van der Waals surface area contributed by atoms with Gasteiger partial charge in [0.2, 0.25) is 5.95 Å². The lowest BCUT2D eigenvalue weighted by atomic mass is 10.0. The Morgan fingerprint density at radius 1 is 1.14 bits per heavy atom. The van der Waals surface area contributed by atoms with Crippen molar-refractivity contribution in [3.63, 3.8) is 0 Å². The zero-order valence-electron chi connectivity index (χ0n) is 16.2. The minimum atomic E-state index is 0.395. The average Bonchev–Trinajstić information content (AvgIpc) is 3.32. The van der Waals surface area contributed by atoms with Gasteiger partial charge in [0.15, 0.2) is 0 Å². The molecule has 0 radical (unpaired) electrons. The predicted molar refractivity (Wildman–Crippen MR) is 110 cm³/mol. The highest BCUT2D eigenvalue weighted by atomic mass is 35.5. The molecule has 0 amide bonds. The molecule has 0 bridgehead atoms. The van der Waals surface area contributed by atoms with Crippen molar-refractivity contribution in [2.75, 3.05) is 24.6 Å². The molecule has 1 saturated heterocycles. The van der Waals surface area contributed by atoms with Crippen LogP contribution in [-0.4, -0.2) is 39.9 Å². The van der Waals surface area contributed by atoms with Crippen LogP contribution < -0.4 is 9.64 Å². The fraction of sp³-hybridized carbons (Fsp3) is 0.381. The van der Waals surface area contributed by atoms with Crippen LogP contribution in [0.3, 0.4) is 0 Å². The van der Waals surface area contributed by atoms with E-state index in [2.05, 4.69) is 31.1 Å². The molecule has 1 aromatic carbocycles. The number of aryl methyl sites for hydroxylation is 2. The van der Waals surface area contributed by atoms with Gasteiger partial charge in [-0.05, 0) is 56.7 Å². The lowest BCUT2D eigenvalue weighted by Crippen LogP contribution is -2.22. The summed E-state index contributed by atoms with van der Waals surface area (Å²) in [6.07, 6.45) is 1.84. The van der Waals surface area contributed by atoms with Gasteiger partial charge in [-0.25, -0.2) is 9.97 Å². The zero-order valence-corrected chi connectivity index (χ0v) is 16.9. The third-order valence-electron chi connectivity index (χ3n) is 4.96. The molecular formula is C21H24ClN5O. The van der Waals surface area contributed by atoms with E-state index in [1.807, 2.05) is 44.2 Å². The first-order valence-electron chi connectivity index (χ1n) is 9.56. The summed E-state index contributed by atoms with van der Waals surface area (Å²) in [6.45, 7) is 6.47. The molecule has 1 aliphatic heterocycles. The van der Waals surface area contributed by atoms with Gasteiger partial charge in [0.05, 0.1) is 12.3 Å². The summed E-state index contributed by atoms with van der Waals surface area (Å²) in [5, 5.41) is 8.39. The average molecular weight is 398 g/mol.